The molecule has 0 spiro atoms. The van der Waals surface area contributed by atoms with Gasteiger partial charge in [0.25, 0.3) is 0 Å². The molecule has 106 valence electrons. The van der Waals surface area contributed by atoms with E-state index in [-0.39, 0.29) is 6.04 Å². The number of halogens is 1. The van der Waals surface area contributed by atoms with Crippen LogP contribution in [0.4, 0.5) is 0 Å². The zero-order valence-corrected chi connectivity index (χ0v) is 13.6. The highest BCUT2D eigenvalue weighted by molar-refractivity contribution is 9.10. The van der Waals surface area contributed by atoms with Gasteiger partial charge in [0.15, 0.2) is 9.84 Å². The Kier molecular flexibility index (Phi) is 5.03. The number of hydrogen-bond donors (Lipinski definition) is 0. The van der Waals surface area contributed by atoms with E-state index >= 15 is 0 Å². The van der Waals surface area contributed by atoms with Crippen LogP contribution in [0.2, 0.25) is 0 Å². The molecule has 1 aliphatic rings. The fourth-order valence-electron chi connectivity index (χ4n) is 2.57. The molecule has 1 aliphatic heterocycles. The Labute approximate surface area is 124 Å². The molecule has 3 nitrogen and oxygen atoms in total. The minimum absolute atomic E-state index is 0.189. The monoisotopic (exact) mass is 345 g/mol. The number of benzene rings is 1. The molecule has 0 aromatic heterocycles. The van der Waals surface area contributed by atoms with E-state index in [4.69, 9.17) is 0 Å². The van der Waals surface area contributed by atoms with Crippen molar-refractivity contribution in [3.05, 3.63) is 34.3 Å². The molecule has 0 unspecified atom stereocenters. The van der Waals surface area contributed by atoms with Crippen LogP contribution in [0.3, 0.4) is 0 Å². The van der Waals surface area contributed by atoms with Crippen molar-refractivity contribution in [3.8, 4) is 0 Å². The third-order valence-electron chi connectivity index (χ3n) is 3.53. The first-order chi connectivity index (χ1) is 9.00. The molecule has 1 heterocycles. The Hall–Kier alpha value is -0.390. The van der Waals surface area contributed by atoms with Crippen LogP contribution < -0.4 is 0 Å². The van der Waals surface area contributed by atoms with Gasteiger partial charge in [0.2, 0.25) is 0 Å². The van der Waals surface area contributed by atoms with Crippen LogP contribution in [0.15, 0.2) is 28.7 Å². The highest BCUT2D eigenvalue weighted by Gasteiger charge is 2.31. The smallest absolute Gasteiger partial charge is 0.151 e. The highest BCUT2D eigenvalue weighted by Crippen LogP contribution is 2.21. The lowest BCUT2D eigenvalue weighted by Crippen LogP contribution is -2.36. The summed E-state index contributed by atoms with van der Waals surface area (Å²) >= 11 is 3.43. The maximum atomic E-state index is 11.6. The average molecular weight is 346 g/mol. The summed E-state index contributed by atoms with van der Waals surface area (Å²) in [6.07, 6.45) is 1.83. The molecule has 1 aromatic carbocycles. The second kappa shape index (κ2) is 6.37. The van der Waals surface area contributed by atoms with E-state index in [1.165, 1.54) is 5.56 Å². The van der Waals surface area contributed by atoms with E-state index in [9.17, 15) is 8.42 Å². The van der Waals surface area contributed by atoms with Gasteiger partial charge >= 0.3 is 0 Å². The number of hydrogen-bond acceptors (Lipinski definition) is 3. The normalized spacial score (nSPS) is 21.9. The van der Waals surface area contributed by atoms with Crippen LogP contribution in [-0.2, 0) is 16.4 Å². The molecule has 0 aliphatic carbocycles. The Balaban J connectivity index is 2.06. The largest absolute Gasteiger partial charge is 0.295 e. The van der Waals surface area contributed by atoms with E-state index in [2.05, 4.69) is 39.9 Å². The summed E-state index contributed by atoms with van der Waals surface area (Å²) in [4.78, 5) is 2.31. The second-order valence-electron chi connectivity index (χ2n) is 5.15. The van der Waals surface area contributed by atoms with Gasteiger partial charge in [-0.15, -0.1) is 0 Å². The lowest BCUT2D eigenvalue weighted by Gasteiger charge is -2.27. The summed E-state index contributed by atoms with van der Waals surface area (Å²) in [5.41, 5.74) is 1.24. The zero-order chi connectivity index (χ0) is 13.9. The van der Waals surface area contributed by atoms with Gasteiger partial charge in [-0.2, -0.15) is 0 Å². The van der Waals surface area contributed by atoms with Gasteiger partial charge in [-0.1, -0.05) is 35.0 Å². The predicted molar refractivity (Wildman–Crippen MR) is 81.9 cm³/mol. The number of sulfone groups is 1. The van der Waals surface area contributed by atoms with E-state index in [0.29, 0.717) is 11.5 Å². The Morgan fingerprint density at radius 3 is 2.53 bits per heavy atom. The van der Waals surface area contributed by atoms with Crippen LogP contribution in [0, 0.1) is 0 Å². The molecule has 1 fully saturated rings. The summed E-state index contributed by atoms with van der Waals surface area (Å²) in [5.74, 6) is 0.668. The maximum Gasteiger partial charge on any atom is 0.151 e. The van der Waals surface area contributed by atoms with E-state index in [1.807, 2.05) is 12.1 Å². The summed E-state index contributed by atoms with van der Waals surface area (Å²) in [6.45, 7) is 3.93. The molecule has 5 heteroatoms. The first-order valence-electron chi connectivity index (χ1n) is 6.69. The van der Waals surface area contributed by atoms with Crippen LogP contribution in [0.1, 0.15) is 25.3 Å². The topological polar surface area (TPSA) is 37.4 Å². The second-order valence-corrected chi connectivity index (χ2v) is 8.30. The van der Waals surface area contributed by atoms with Crippen molar-refractivity contribution in [1.29, 1.82) is 0 Å². The molecule has 19 heavy (non-hydrogen) atoms. The summed E-state index contributed by atoms with van der Waals surface area (Å²) in [7, 11) is -2.81. The Morgan fingerprint density at radius 1 is 1.32 bits per heavy atom. The molecular weight excluding hydrogens is 326 g/mol. The Morgan fingerprint density at radius 2 is 2.00 bits per heavy atom. The van der Waals surface area contributed by atoms with Crippen molar-refractivity contribution < 1.29 is 8.42 Å². The first-order valence-corrected chi connectivity index (χ1v) is 9.30. The number of nitrogens with zero attached hydrogens (tertiary/aromatic N) is 1. The first kappa shape index (κ1) is 15.0. The van der Waals surface area contributed by atoms with Crippen molar-refractivity contribution >= 4 is 25.8 Å². The van der Waals surface area contributed by atoms with Crippen LogP contribution in [-0.4, -0.2) is 37.4 Å². The van der Waals surface area contributed by atoms with Gasteiger partial charge < -0.3 is 0 Å². The Bertz CT molecular complexity index is 513. The fourth-order valence-corrected chi connectivity index (χ4v) is 4.59. The molecule has 0 saturated carbocycles. The predicted octanol–water partition coefficient (Wildman–Crippen LogP) is 2.85. The van der Waals surface area contributed by atoms with Crippen LogP contribution >= 0.6 is 15.9 Å². The summed E-state index contributed by atoms with van der Waals surface area (Å²) in [5, 5.41) is 0. The zero-order valence-electron chi connectivity index (χ0n) is 11.2. The molecule has 0 radical (unpaired) electrons. The molecule has 1 saturated heterocycles. The standard InChI is InChI=1S/C14H20BrNO2S/c1-2-8-16(14-7-9-19(17,18)11-14)10-12-3-5-13(15)6-4-12/h3-6,14H,2,7-11H2,1H3/t14-/m0/s1. The fraction of sp³-hybridized carbons (Fsp3) is 0.571. The van der Waals surface area contributed by atoms with Crippen molar-refractivity contribution in [1.82, 2.24) is 4.90 Å². The van der Waals surface area contributed by atoms with E-state index < -0.39 is 9.84 Å². The lowest BCUT2D eigenvalue weighted by atomic mass is 10.1. The van der Waals surface area contributed by atoms with Crippen molar-refractivity contribution in [2.75, 3.05) is 18.1 Å². The lowest BCUT2D eigenvalue weighted by molar-refractivity contribution is 0.204. The van der Waals surface area contributed by atoms with Gasteiger partial charge in [-0.3, -0.25) is 4.90 Å². The number of rotatable bonds is 5. The van der Waals surface area contributed by atoms with E-state index in [0.717, 1.165) is 30.4 Å². The average Bonchev–Trinajstić information content (AvgIpc) is 2.72. The van der Waals surface area contributed by atoms with Gasteiger partial charge in [0.05, 0.1) is 11.5 Å². The SMILES string of the molecule is CCCN(Cc1ccc(Br)cc1)[C@H]1CCS(=O)(=O)C1. The molecule has 1 atom stereocenters. The summed E-state index contributed by atoms with van der Waals surface area (Å²) in [6, 6.07) is 8.44. The van der Waals surface area contributed by atoms with Crippen molar-refractivity contribution in [2.24, 2.45) is 0 Å². The highest BCUT2D eigenvalue weighted by atomic mass is 79.9. The van der Waals surface area contributed by atoms with Gasteiger partial charge in [0, 0.05) is 17.1 Å². The minimum atomic E-state index is -2.81. The minimum Gasteiger partial charge on any atom is -0.295 e. The van der Waals surface area contributed by atoms with Gasteiger partial charge in [-0.05, 0) is 37.1 Å². The third-order valence-corrected chi connectivity index (χ3v) is 5.81. The molecule has 2 rings (SSSR count). The van der Waals surface area contributed by atoms with E-state index in [1.54, 1.807) is 0 Å². The molecule has 0 amide bonds. The third kappa shape index (κ3) is 4.29. The molecule has 0 N–H and O–H groups in total. The van der Waals surface area contributed by atoms with Crippen molar-refractivity contribution in [2.45, 2.75) is 32.4 Å². The quantitative estimate of drug-likeness (QED) is 0.823. The summed E-state index contributed by atoms with van der Waals surface area (Å²) < 4.78 is 24.3. The maximum absolute atomic E-state index is 11.6. The van der Waals surface area contributed by atoms with Gasteiger partial charge in [0.1, 0.15) is 0 Å². The van der Waals surface area contributed by atoms with Crippen LogP contribution in [0.25, 0.3) is 0 Å². The molecule has 0 bridgehead atoms. The molecular formula is C14H20BrNO2S. The van der Waals surface area contributed by atoms with Crippen LogP contribution in [0.5, 0.6) is 0 Å². The molecule has 1 aromatic rings. The van der Waals surface area contributed by atoms with Gasteiger partial charge in [-0.25, -0.2) is 8.42 Å². The van der Waals surface area contributed by atoms with Crippen molar-refractivity contribution in [3.63, 3.8) is 0 Å².